The van der Waals surface area contributed by atoms with Crippen molar-refractivity contribution in [2.75, 3.05) is 18.4 Å². The number of benzene rings is 2. The summed E-state index contributed by atoms with van der Waals surface area (Å²) in [7, 11) is 0. The van der Waals surface area contributed by atoms with Crippen LogP contribution in [0.15, 0.2) is 54.6 Å². The van der Waals surface area contributed by atoms with Gasteiger partial charge in [-0.05, 0) is 61.7 Å². The van der Waals surface area contributed by atoms with Gasteiger partial charge in [0.2, 0.25) is 0 Å². The Morgan fingerprint density at radius 1 is 1.08 bits per heavy atom. The van der Waals surface area contributed by atoms with E-state index in [1.54, 1.807) is 12.1 Å². The average molecular weight is 324 g/mol. The molecule has 0 aliphatic carbocycles. The number of hydrogen-bond donors (Lipinski definition) is 1. The van der Waals surface area contributed by atoms with E-state index >= 15 is 0 Å². The van der Waals surface area contributed by atoms with Gasteiger partial charge in [-0.15, -0.1) is 0 Å². The lowest BCUT2D eigenvalue weighted by molar-refractivity contribution is 0.185. The number of para-hydroxylation sites is 1. The third-order valence-electron chi connectivity index (χ3n) is 4.44. The zero-order chi connectivity index (χ0) is 16.8. The third-order valence-corrected chi connectivity index (χ3v) is 4.44. The maximum absolute atomic E-state index is 11.9. The van der Waals surface area contributed by atoms with Gasteiger partial charge in [-0.25, -0.2) is 4.79 Å². The highest BCUT2D eigenvalue weighted by Gasteiger charge is 2.15. The first kappa shape index (κ1) is 16.5. The van der Waals surface area contributed by atoms with Crippen molar-refractivity contribution in [2.45, 2.75) is 26.3 Å². The first-order valence-corrected chi connectivity index (χ1v) is 8.54. The number of likely N-dealkylation sites (tertiary alicyclic amines) is 1. The largest absolute Gasteiger partial charge is 0.417 e. The second-order valence-corrected chi connectivity index (χ2v) is 6.48. The molecule has 0 spiro atoms. The van der Waals surface area contributed by atoms with Crippen LogP contribution in [0.5, 0.6) is 5.75 Å². The van der Waals surface area contributed by atoms with Crippen LogP contribution in [0, 0.1) is 5.92 Å². The van der Waals surface area contributed by atoms with E-state index in [1.165, 1.54) is 31.5 Å². The topological polar surface area (TPSA) is 41.6 Å². The van der Waals surface area contributed by atoms with Gasteiger partial charge in [0.05, 0.1) is 0 Å². The maximum atomic E-state index is 11.9. The van der Waals surface area contributed by atoms with Gasteiger partial charge in [0.1, 0.15) is 5.75 Å². The number of carbonyl (C=O) groups is 1. The number of piperidine rings is 1. The summed E-state index contributed by atoms with van der Waals surface area (Å²) in [6.45, 7) is 5.64. The van der Waals surface area contributed by atoms with Crippen LogP contribution in [0.4, 0.5) is 10.5 Å². The summed E-state index contributed by atoms with van der Waals surface area (Å²) >= 11 is 0. The van der Waals surface area contributed by atoms with Crippen molar-refractivity contribution < 1.29 is 9.53 Å². The molecule has 1 amide bonds. The normalized spacial score (nSPS) is 15.9. The second kappa shape index (κ2) is 7.97. The van der Waals surface area contributed by atoms with E-state index in [2.05, 4.69) is 29.3 Å². The molecule has 4 nitrogen and oxygen atoms in total. The number of anilines is 1. The predicted octanol–water partition coefficient (Wildman–Crippen LogP) is 4.53. The molecule has 1 N–H and O–H groups in total. The van der Waals surface area contributed by atoms with Crippen molar-refractivity contribution in [3.8, 4) is 5.75 Å². The zero-order valence-corrected chi connectivity index (χ0v) is 14.1. The molecule has 0 atom stereocenters. The first-order valence-electron chi connectivity index (χ1n) is 8.54. The highest BCUT2D eigenvalue weighted by Crippen LogP contribution is 2.19. The molecule has 1 heterocycles. The Bertz CT molecular complexity index is 647. The van der Waals surface area contributed by atoms with Gasteiger partial charge in [-0.1, -0.05) is 37.3 Å². The molecule has 3 rings (SSSR count). The zero-order valence-electron chi connectivity index (χ0n) is 14.1. The fourth-order valence-electron chi connectivity index (χ4n) is 2.91. The SMILES string of the molecule is CC1CCN(Cc2ccc(NC(=O)Oc3ccccc3)cc2)CC1. The van der Waals surface area contributed by atoms with Crippen LogP contribution in [-0.2, 0) is 6.54 Å². The molecule has 126 valence electrons. The molecule has 24 heavy (non-hydrogen) atoms. The number of hydrogen-bond acceptors (Lipinski definition) is 3. The lowest BCUT2D eigenvalue weighted by Gasteiger charge is -2.30. The minimum Gasteiger partial charge on any atom is -0.410 e. The summed E-state index contributed by atoms with van der Waals surface area (Å²) in [4.78, 5) is 14.4. The Kier molecular flexibility index (Phi) is 5.49. The molecule has 0 unspecified atom stereocenters. The molecule has 1 saturated heterocycles. The van der Waals surface area contributed by atoms with Crippen LogP contribution in [0.1, 0.15) is 25.3 Å². The van der Waals surface area contributed by atoms with Crippen LogP contribution in [0.3, 0.4) is 0 Å². The molecular formula is C20H24N2O2. The molecule has 1 fully saturated rings. The number of nitrogens with zero attached hydrogens (tertiary/aromatic N) is 1. The van der Waals surface area contributed by atoms with Gasteiger partial charge >= 0.3 is 6.09 Å². The van der Waals surface area contributed by atoms with Crippen molar-refractivity contribution in [2.24, 2.45) is 5.92 Å². The van der Waals surface area contributed by atoms with Crippen LogP contribution < -0.4 is 10.1 Å². The van der Waals surface area contributed by atoms with Gasteiger partial charge < -0.3 is 4.74 Å². The molecule has 0 saturated carbocycles. The molecule has 1 aliphatic rings. The van der Waals surface area contributed by atoms with Gasteiger partial charge in [-0.3, -0.25) is 10.2 Å². The predicted molar refractivity (Wildman–Crippen MR) is 96.2 cm³/mol. The van der Waals surface area contributed by atoms with Crippen molar-refractivity contribution in [1.82, 2.24) is 4.90 Å². The molecular weight excluding hydrogens is 300 g/mol. The van der Waals surface area contributed by atoms with Crippen LogP contribution >= 0.6 is 0 Å². The van der Waals surface area contributed by atoms with Crippen molar-refractivity contribution in [3.05, 3.63) is 60.2 Å². The Morgan fingerprint density at radius 3 is 2.42 bits per heavy atom. The van der Waals surface area contributed by atoms with E-state index in [1.807, 2.05) is 30.3 Å². The molecule has 2 aromatic carbocycles. The van der Waals surface area contributed by atoms with Crippen molar-refractivity contribution >= 4 is 11.8 Å². The summed E-state index contributed by atoms with van der Waals surface area (Å²) in [5, 5.41) is 2.75. The Balaban J connectivity index is 1.50. The minimum atomic E-state index is -0.473. The van der Waals surface area contributed by atoms with Crippen molar-refractivity contribution in [1.29, 1.82) is 0 Å². The highest BCUT2D eigenvalue weighted by atomic mass is 16.6. The van der Waals surface area contributed by atoms with E-state index in [0.717, 1.165) is 18.2 Å². The van der Waals surface area contributed by atoms with Gasteiger partial charge in [0.15, 0.2) is 0 Å². The second-order valence-electron chi connectivity index (χ2n) is 6.48. The molecule has 0 aromatic heterocycles. The van der Waals surface area contributed by atoms with E-state index in [0.29, 0.717) is 5.75 Å². The quantitative estimate of drug-likeness (QED) is 0.898. The molecule has 1 aliphatic heterocycles. The van der Waals surface area contributed by atoms with E-state index in [-0.39, 0.29) is 0 Å². The average Bonchev–Trinajstić information content (AvgIpc) is 2.59. The molecule has 4 heteroatoms. The third kappa shape index (κ3) is 4.83. The lowest BCUT2D eigenvalue weighted by Crippen LogP contribution is -2.32. The molecule has 0 bridgehead atoms. The standard InChI is InChI=1S/C20H24N2O2/c1-16-11-13-22(14-12-16)15-17-7-9-18(10-8-17)21-20(23)24-19-5-3-2-4-6-19/h2-10,16H,11-15H2,1H3,(H,21,23). The maximum Gasteiger partial charge on any atom is 0.417 e. The number of amides is 1. The van der Waals surface area contributed by atoms with Crippen LogP contribution in [0.2, 0.25) is 0 Å². The van der Waals surface area contributed by atoms with Crippen LogP contribution in [-0.4, -0.2) is 24.1 Å². The Hall–Kier alpha value is -2.33. The minimum absolute atomic E-state index is 0.473. The van der Waals surface area contributed by atoms with Gasteiger partial charge in [0, 0.05) is 12.2 Å². The lowest BCUT2D eigenvalue weighted by atomic mass is 9.99. The fraction of sp³-hybridized carbons (Fsp3) is 0.350. The van der Waals surface area contributed by atoms with E-state index < -0.39 is 6.09 Å². The number of nitrogens with one attached hydrogen (secondary N) is 1. The van der Waals surface area contributed by atoms with Gasteiger partial charge in [0.25, 0.3) is 0 Å². The Labute approximate surface area is 143 Å². The monoisotopic (exact) mass is 324 g/mol. The van der Waals surface area contributed by atoms with E-state index in [9.17, 15) is 4.79 Å². The number of ether oxygens (including phenoxy) is 1. The van der Waals surface area contributed by atoms with Crippen LogP contribution in [0.25, 0.3) is 0 Å². The molecule has 2 aromatic rings. The summed E-state index contributed by atoms with van der Waals surface area (Å²) in [6, 6.07) is 17.0. The Morgan fingerprint density at radius 2 is 1.75 bits per heavy atom. The summed E-state index contributed by atoms with van der Waals surface area (Å²) in [5.74, 6) is 1.38. The van der Waals surface area contributed by atoms with Gasteiger partial charge in [-0.2, -0.15) is 0 Å². The number of carbonyl (C=O) groups excluding carboxylic acids is 1. The smallest absolute Gasteiger partial charge is 0.410 e. The first-order chi connectivity index (χ1) is 11.7. The number of rotatable bonds is 4. The molecule has 0 radical (unpaired) electrons. The van der Waals surface area contributed by atoms with Crippen molar-refractivity contribution in [3.63, 3.8) is 0 Å². The van der Waals surface area contributed by atoms with E-state index in [4.69, 9.17) is 4.74 Å². The highest BCUT2D eigenvalue weighted by molar-refractivity contribution is 5.86. The summed E-state index contributed by atoms with van der Waals surface area (Å²) in [6.07, 6.45) is 2.09. The summed E-state index contributed by atoms with van der Waals surface area (Å²) in [5.41, 5.74) is 2.01. The summed E-state index contributed by atoms with van der Waals surface area (Å²) < 4.78 is 5.22. The fourth-order valence-corrected chi connectivity index (χ4v) is 2.91.